The summed E-state index contributed by atoms with van der Waals surface area (Å²) in [5, 5.41) is 11.2. The van der Waals surface area contributed by atoms with Crippen molar-refractivity contribution in [3.8, 4) is 0 Å². The van der Waals surface area contributed by atoms with Crippen molar-refractivity contribution in [2.75, 3.05) is 27.3 Å². The molecule has 2 aromatic rings. The minimum Gasteiger partial charge on any atom is -0.441 e. The topological polar surface area (TPSA) is 91.9 Å². The zero-order valence-corrected chi connectivity index (χ0v) is 16.1. The molecule has 0 bridgehead atoms. The molecule has 2 aliphatic rings. The van der Waals surface area contributed by atoms with Gasteiger partial charge in [0, 0.05) is 6.54 Å². The number of carbonyl (C=O) groups is 1. The van der Waals surface area contributed by atoms with Crippen LogP contribution in [0.4, 0.5) is 4.79 Å². The molecule has 1 aromatic carbocycles. The lowest BCUT2D eigenvalue weighted by molar-refractivity contribution is -0.873. The van der Waals surface area contributed by atoms with Crippen LogP contribution in [0.25, 0.3) is 0 Å². The van der Waals surface area contributed by atoms with Crippen molar-refractivity contribution in [1.82, 2.24) is 20.3 Å². The van der Waals surface area contributed by atoms with E-state index in [1.165, 1.54) is 4.90 Å². The quantitative estimate of drug-likeness (QED) is 0.697. The molecular weight excluding hydrogens is 362 g/mol. The van der Waals surface area contributed by atoms with Crippen molar-refractivity contribution in [2.45, 2.75) is 37.4 Å². The number of aromatic nitrogens is 3. The molecule has 0 unspecified atom stereocenters. The van der Waals surface area contributed by atoms with Gasteiger partial charge in [0.05, 0.1) is 33.5 Å². The van der Waals surface area contributed by atoms with Crippen LogP contribution in [-0.2, 0) is 27.3 Å². The number of hydrogen-bond donors (Lipinski definition) is 2. The second-order valence-corrected chi connectivity index (χ2v) is 7.52. The molecular formula is C19H26N5O4+. The predicted octanol–water partition coefficient (Wildman–Crippen LogP) is -0.444. The van der Waals surface area contributed by atoms with Gasteiger partial charge in [0.25, 0.3) is 0 Å². The Hall–Kier alpha value is -2.49. The molecule has 4 atom stereocenters. The molecule has 0 spiro atoms. The van der Waals surface area contributed by atoms with E-state index in [1.54, 1.807) is 4.68 Å². The Morgan fingerprint density at radius 3 is 2.82 bits per heavy atom. The molecule has 2 fully saturated rings. The number of nitrogens with one attached hydrogen (secondary N) is 2. The van der Waals surface area contributed by atoms with Crippen LogP contribution in [0.1, 0.15) is 17.3 Å². The zero-order chi connectivity index (χ0) is 19.5. The fraction of sp³-hybridized carbons (Fsp3) is 0.526. The Morgan fingerprint density at radius 1 is 1.25 bits per heavy atom. The highest BCUT2D eigenvalue weighted by Gasteiger charge is 2.50. The van der Waals surface area contributed by atoms with E-state index in [1.807, 2.05) is 36.5 Å². The minimum atomic E-state index is -0.470. The summed E-state index contributed by atoms with van der Waals surface area (Å²) in [6.45, 7) is 1.99. The number of carbonyl (C=O) groups excluding carboxylic acids is 1. The van der Waals surface area contributed by atoms with E-state index in [4.69, 9.17) is 14.2 Å². The summed E-state index contributed by atoms with van der Waals surface area (Å²) in [6, 6.07) is 9.63. The maximum Gasteiger partial charge on any atom is 0.407 e. The first-order valence-corrected chi connectivity index (χ1v) is 9.51. The second-order valence-electron chi connectivity index (χ2n) is 7.52. The van der Waals surface area contributed by atoms with Crippen LogP contribution in [-0.4, -0.2) is 66.7 Å². The van der Waals surface area contributed by atoms with Crippen molar-refractivity contribution in [3.05, 3.63) is 47.8 Å². The molecule has 150 valence electrons. The zero-order valence-electron chi connectivity index (χ0n) is 16.1. The highest BCUT2D eigenvalue weighted by atomic mass is 16.6. The normalized spacial score (nSPS) is 26.4. The van der Waals surface area contributed by atoms with E-state index < -0.39 is 12.2 Å². The maximum absolute atomic E-state index is 12.1. The first-order chi connectivity index (χ1) is 13.6. The molecule has 28 heavy (non-hydrogen) atoms. The van der Waals surface area contributed by atoms with Gasteiger partial charge in [-0.05, 0) is 5.56 Å². The summed E-state index contributed by atoms with van der Waals surface area (Å²) in [5.74, 6) is 0. The number of ether oxygens (including phenoxy) is 3. The highest BCUT2D eigenvalue weighted by molar-refractivity contribution is 5.67. The smallest absolute Gasteiger partial charge is 0.407 e. The molecule has 0 aliphatic carbocycles. The minimum absolute atomic E-state index is 0.0654. The third-order valence-electron chi connectivity index (χ3n) is 4.95. The number of amides is 1. The molecule has 1 aromatic heterocycles. The van der Waals surface area contributed by atoms with E-state index in [0.717, 1.165) is 17.8 Å². The van der Waals surface area contributed by atoms with Crippen LogP contribution in [0, 0.1) is 0 Å². The van der Waals surface area contributed by atoms with Crippen molar-refractivity contribution in [1.29, 1.82) is 0 Å². The van der Waals surface area contributed by atoms with Crippen LogP contribution >= 0.6 is 0 Å². The number of nitrogens with zero attached hydrogens (tertiary/aromatic N) is 3. The van der Waals surface area contributed by atoms with Gasteiger partial charge in [-0.2, -0.15) is 0 Å². The molecule has 4 rings (SSSR count). The lowest BCUT2D eigenvalue weighted by Crippen LogP contribution is -3.04. The van der Waals surface area contributed by atoms with Crippen LogP contribution < -0.4 is 10.2 Å². The monoisotopic (exact) mass is 388 g/mol. The maximum atomic E-state index is 12.1. The van der Waals surface area contributed by atoms with Crippen LogP contribution in [0.2, 0.25) is 0 Å². The largest absolute Gasteiger partial charge is 0.441 e. The van der Waals surface area contributed by atoms with Gasteiger partial charge >= 0.3 is 6.09 Å². The average Bonchev–Trinajstić information content (AvgIpc) is 3.38. The van der Waals surface area contributed by atoms with Crippen molar-refractivity contribution in [2.24, 2.45) is 0 Å². The summed E-state index contributed by atoms with van der Waals surface area (Å²) < 4.78 is 19.1. The van der Waals surface area contributed by atoms with E-state index in [-0.39, 0.29) is 18.2 Å². The number of fused-ring (bicyclic) bond motifs is 1. The predicted molar refractivity (Wildman–Crippen MR) is 98.6 cm³/mol. The summed E-state index contributed by atoms with van der Waals surface area (Å²) >= 11 is 0. The van der Waals surface area contributed by atoms with Gasteiger partial charge in [0.1, 0.15) is 30.5 Å². The fourth-order valence-corrected chi connectivity index (χ4v) is 3.64. The Balaban J connectivity index is 1.31. The van der Waals surface area contributed by atoms with Gasteiger partial charge in [0.15, 0.2) is 6.10 Å². The summed E-state index contributed by atoms with van der Waals surface area (Å²) in [6.07, 6.45) is 0.544. The van der Waals surface area contributed by atoms with Gasteiger partial charge in [-0.1, -0.05) is 35.5 Å². The van der Waals surface area contributed by atoms with Gasteiger partial charge in [-0.3, -0.25) is 0 Å². The summed E-state index contributed by atoms with van der Waals surface area (Å²) in [4.78, 5) is 13.4. The molecule has 9 heteroatoms. The van der Waals surface area contributed by atoms with Gasteiger partial charge in [-0.25, -0.2) is 9.48 Å². The Morgan fingerprint density at radius 2 is 2.04 bits per heavy atom. The Kier molecular flexibility index (Phi) is 5.56. The molecule has 0 radical (unpaired) electrons. The lowest BCUT2D eigenvalue weighted by Gasteiger charge is -2.17. The summed E-state index contributed by atoms with van der Waals surface area (Å²) in [7, 11) is 4.14. The average molecular weight is 388 g/mol. The van der Waals surface area contributed by atoms with Gasteiger partial charge in [-0.15, -0.1) is 5.10 Å². The number of hydrogen-bond acceptors (Lipinski definition) is 6. The first kappa shape index (κ1) is 18.9. The highest BCUT2D eigenvalue weighted by Crippen LogP contribution is 2.35. The third kappa shape index (κ3) is 4.16. The van der Waals surface area contributed by atoms with Crippen LogP contribution in [0.5, 0.6) is 0 Å². The van der Waals surface area contributed by atoms with E-state index >= 15 is 0 Å². The molecule has 2 aliphatic heterocycles. The molecule has 9 nitrogen and oxygen atoms in total. The molecule has 3 heterocycles. The standard InChI is InChI=1S/C19H25N5O4/c1-23(2)9-14-10-24(22-21-14)15-11-26-18-16(12-27-17(15)18)28-19(25)20-8-13-6-4-3-5-7-13/h3-7,10,15-18H,8-9,11-12H2,1-2H3,(H,20,25)/p+1/t15-,16+,17+,18+/m0/s1. The Bertz CT molecular complexity index is 797. The number of quaternary nitrogens is 1. The lowest BCUT2D eigenvalue weighted by atomic mass is 10.1. The second kappa shape index (κ2) is 8.26. The third-order valence-corrected chi connectivity index (χ3v) is 4.95. The van der Waals surface area contributed by atoms with E-state index in [9.17, 15) is 4.79 Å². The van der Waals surface area contributed by atoms with E-state index in [2.05, 4.69) is 29.7 Å². The van der Waals surface area contributed by atoms with Gasteiger partial charge < -0.3 is 24.4 Å². The number of alkyl carbamates (subject to hydrolysis) is 1. The Labute approximate surface area is 163 Å². The molecule has 2 saturated heterocycles. The fourth-order valence-electron chi connectivity index (χ4n) is 3.64. The summed E-state index contributed by atoms with van der Waals surface area (Å²) in [5.41, 5.74) is 1.94. The number of rotatable bonds is 6. The molecule has 1 amide bonds. The van der Waals surface area contributed by atoms with Gasteiger partial charge in [0.2, 0.25) is 0 Å². The van der Waals surface area contributed by atoms with E-state index in [0.29, 0.717) is 19.8 Å². The first-order valence-electron chi connectivity index (χ1n) is 9.51. The number of benzene rings is 1. The van der Waals surface area contributed by atoms with Crippen molar-refractivity contribution in [3.63, 3.8) is 0 Å². The van der Waals surface area contributed by atoms with Crippen LogP contribution in [0.15, 0.2) is 36.5 Å². The van der Waals surface area contributed by atoms with Crippen LogP contribution in [0.3, 0.4) is 0 Å². The molecule has 2 N–H and O–H groups in total. The van der Waals surface area contributed by atoms with Crippen molar-refractivity contribution >= 4 is 6.09 Å². The SMILES string of the molecule is C[NH+](C)Cc1cn([C@H]2CO[C@H]3[C@@H]2OC[C@H]3OC(=O)NCc2ccccc2)nn1. The molecule has 0 saturated carbocycles. The van der Waals surface area contributed by atoms with Crippen molar-refractivity contribution < 1.29 is 23.9 Å².